The van der Waals surface area contributed by atoms with Gasteiger partial charge in [-0.1, -0.05) is 15.9 Å². The maximum atomic E-state index is 5.14. The van der Waals surface area contributed by atoms with Crippen molar-refractivity contribution in [2.75, 3.05) is 11.9 Å². The van der Waals surface area contributed by atoms with Crippen molar-refractivity contribution in [2.24, 2.45) is 0 Å². The molecule has 44 valence electrons. The molecule has 0 aromatic rings. The number of hydrogen-bond acceptors (Lipinski definition) is 1. The van der Waals surface area contributed by atoms with Gasteiger partial charge in [0.1, 0.15) is 0 Å². The number of hydrogen-bond donors (Lipinski definition) is 0. The highest BCUT2D eigenvalue weighted by Crippen LogP contribution is 1.88. The van der Waals surface area contributed by atoms with Crippen LogP contribution in [0.5, 0.6) is 0 Å². The molecule has 0 saturated heterocycles. The molecule has 0 aliphatic carbocycles. The second-order valence-electron chi connectivity index (χ2n) is 1.61. The highest BCUT2D eigenvalue weighted by Gasteiger charge is 1.87. The van der Waals surface area contributed by atoms with Crippen LogP contribution in [-0.2, 0) is 4.74 Å². The predicted molar refractivity (Wildman–Crippen MR) is 34.9 cm³/mol. The molecule has 0 heterocycles. The number of rotatable bonds is 3. The van der Waals surface area contributed by atoms with Crippen LogP contribution in [0.2, 0.25) is 0 Å². The predicted octanol–water partition coefficient (Wildman–Crippen LogP) is 1.81. The van der Waals surface area contributed by atoms with E-state index in [-0.39, 0.29) is 0 Å². The highest BCUT2D eigenvalue weighted by atomic mass is 79.9. The third-order valence-electron chi connectivity index (χ3n) is 0.528. The van der Waals surface area contributed by atoms with Crippen LogP contribution >= 0.6 is 15.9 Å². The van der Waals surface area contributed by atoms with Crippen LogP contribution in [0, 0.1) is 0 Å². The first-order chi connectivity index (χ1) is 3.27. The average Bonchev–Trinajstić information content (AvgIpc) is 1.61. The van der Waals surface area contributed by atoms with Crippen LogP contribution in [0.1, 0.15) is 13.8 Å². The van der Waals surface area contributed by atoms with E-state index in [0.29, 0.717) is 6.10 Å². The topological polar surface area (TPSA) is 9.23 Å². The molecule has 0 unspecified atom stereocenters. The molecule has 0 spiro atoms. The molecular formula is C5H11BrO. The number of alkyl halides is 1. The first-order valence-electron chi connectivity index (χ1n) is 2.45. The molecule has 0 aromatic carbocycles. The normalized spacial score (nSPS) is 10.3. The van der Waals surface area contributed by atoms with E-state index in [0.717, 1.165) is 11.9 Å². The molecule has 0 rings (SSSR count). The third-order valence-corrected chi connectivity index (χ3v) is 0.852. The second kappa shape index (κ2) is 4.60. The first-order valence-corrected chi connectivity index (χ1v) is 3.57. The van der Waals surface area contributed by atoms with Crippen molar-refractivity contribution < 1.29 is 4.74 Å². The van der Waals surface area contributed by atoms with Gasteiger partial charge in [0, 0.05) is 5.33 Å². The zero-order chi connectivity index (χ0) is 5.70. The summed E-state index contributed by atoms with van der Waals surface area (Å²) in [5.41, 5.74) is 0. The fourth-order valence-electron chi connectivity index (χ4n) is 0.280. The number of halogens is 1. The van der Waals surface area contributed by atoms with Crippen molar-refractivity contribution in [3.05, 3.63) is 0 Å². The van der Waals surface area contributed by atoms with Crippen LogP contribution in [-0.4, -0.2) is 18.0 Å². The second-order valence-corrected chi connectivity index (χ2v) is 2.40. The van der Waals surface area contributed by atoms with Gasteiger partial charge in [-0.15, -0.1) is 0 Å². The summed E-state index contributed by atoms with van der Waals surface area (Å²) in [6, 6.07) is 0. The zero-order valence-electron chi connectivity index (χ0n) is 4.78. The van der Waals surface area contributed by atoms with Gasteiger partial charge in [0.05, 0.1) is 12.7 Å². The lowest BCUT2D eigenvalue weighted by Gasteiger charge is -2.02. The Morgan fingerprint density at radius 2 is 2.14 bits per heavy atom. The van der Waals surface area contributed by atoms with E-state index in [4.69, 9.17) is 4.74 Å². The van der Waals surface area contributed by atoms with Crippen molar-refractivity contribution in [1.29, 1.82) is 0 Å². The Hall–Kier alpha value is 0.440. The van der Waals surface area contributed by atoms with Crippen LogP contribution in [0.25, 0.3) is 0 Å². The molecule has 0 atom stereocenters. The monoisotopic (exact) mass is 166 g/mol. The molecule has 0 amide bonds. The maximum absolute atomic E-state index is 5.14. The smallest absolute Gasteiger partial charge is 0.0566 e. The lowest BCUT2D eigenvalue weighted by atomic mass is 10.5. The molecule has 0 saturated carbocycles. The van der Waals surface area contributed by atoms with Gasteiger partial charge < -0.3 is 4.74 Å². The van der Waals surface area contributed by atoms with Gasteiger partial charge in [-0.25, -0.2) is 0 Å². The van der Waals surface area contributed by atoms with E-state index in [1.165, 1.54) is 0 Å². The Morgan fingerprint density at radius 3 is 2.29 bits per heavy atom. The standard InChI is InChI=1S/C5H11BrO/c1-5(2)7-4-3-6/h5H,3-4H2,1-2H3. The SMILES string of the molecule is CC(C)OCCBr. The molecular weight excluding hydrogens is 156 g/mol. The molecule has 7 heavy (non-hydrogen) atoms. The van der Waals surface area contributed by atoms with Crippen molar-refractivity contribution in [2.45, 2.75) is 20.0 Å². The fourth-order valence-corrected chi connectivity index (χ4v) is 0.467. The minimum absolute atomic E-state index is 0.373. The molecule has 2 heteroatoms. The Balaban J connectivity index is 2.68. The van der Waals surface area contributed by atoms with E-state index in [2.05, 4.69) is 15.9 Å². The highest BCUT2D eigenvalue weighted by molar-refractivity contribution is 9.09. The van der Waals surface area contributed by atoms with Gasteiger partial charge in [-0.3, -0.25) is 0 Å². The Bertz CT molecular complexity index is 37.1. The van der Waals surface area contributed by atoms with Gasteiger partial charge in [0.25, 0.3) is 0 Å². The molecule has 0 aliphatic rings. The van der Waals surface area contributed by atoms with Crippen molar-refractivity contribution in [3.63, 3.8) is 0 Å². The Kier molecular flexibility index (Phi) is 4.88. The van der Waals surface area contributed by atoms with Gasteiger partial charge >= 0.3 is 0 Å². The molecule has 0 aliphatic heterocycles. The third kappa shape index (κ3) is 6.44. The van der Waals surface area contributed by atoms with E-state index in [1.807, 2.05) is 13.8 Å². The van der Waals surface area contributed by atoms with E-state index >= 15 is 0 Å². The molecule has 0 fully saturated rings. The zero-order valence-corrected chi connectivity index (χ0v) is 6.36. The van der Waals surface area contributed by atoms with E-state index in [9.17, 15) is 0 Å². The first kappa shape index (κ1) is 7.44. The van der Waals surface area contributed by atoms with Gasteiger partial charge in [-0.05, 0) is 13.8 Å². The van der Waals surface area contributed by atoms with Crippen LogP contribution in [0.15, 0.2) is 0 Å². The summed E-state index contributed by atoms with van der Waals surface area (Å²) < 4.78 is 5.14. The number of ether oxygens (including phenoxy) is 1. The Labute approximate surface area is 53.2 Å². The van der Waals surface area contributed by atoms with Crippen LogP contribution in [0.4, 0.5) is 0 Å². The van der Waals surface area contributed by atoms with E-state index in [1.54, 1.807) is 0 Å². The summed E-state index contributed by atoms with van der Waals surface area (Å²) in [7, 11) is 0. The molecule has 0 radical (unpaired) electrons. The summed E-state index contributed by atoms with van der Waals surface area (Å²) in [5.74, 6) is 0. The maximum Gasteiger partial charge on any atom is 0.0566 e. The van der Waals surface area contributed by atoms with Crippen molar-refractivity contribution in [3.8, 4) is 0 Å². The van der Waals surface area contributed by atoms with Crippen molar-refractivity contribution >= 4 is 15.9 Å². The van der Waals surface area contributed by atoms with Crippen LogP contribution < -0.4 is 0 Å². The van der Waals surface area contributed by atoms with Gasteiger partial charge in [0.2, 0.25) is 0 Å². The lowest BCUT2D eigenvalue weighted by molar-refractivity contribution is 0.0926. The molecule has 0 bridgehead atoms. The minimum atomic E-state index is 0.373. The molecule has 1 nitrogen and oxygen atoms in total. The molecule has 0 aromatic heterocycles. The van der Waals surface area contributed by atoms with Gasteiger partial charge in [-0.2, -0.15) is 0 Å². The van der Waals surface area contributed by atoms with Gasteiger partial charge in [0.15, 0.2) is 0 Å². The summed E-state index contributed by atoms with van der Waals surface area (Å²) in [6.45, 7) is 4.88. The molecule has 0 N–H and O–H groups in total. The van der Waals surface area contributed by atoms with Crippen molar-refractivity contribution in [1.82, 2.24) is 0 Å². The Morgan fingerprint density at radius 1 is 1.57 bits per heavy atom. The largest absolute Gasteiger partial charge is 0.378 e. The summed E-state index contributed by atoms with van der Waals surface area (Å²) in [5, 5.41) is 0.936. The van der Waals surface area contributed by atoms with E-state index < -0.39 is 0 Å². The van der Waals surface area contributed by atoms with Crippen LogP contribution in [0.3, 0.4) is 0 Å². The lowest BCUT2D eigenvalue weighted by Crippen LogP contribution is -2.03. The average molecular weight is 167 g/mol. The summed E-state index contributed by atoms with van der Waals surface area (Å²) >= 11 is 3.25. The fraction of sp³-hybridized carbons (Fsp3) is 1.00. The minimum Gasteiger partial charge on any atom is -0.378 e. The summed E-state index contributed by atoms with van der Waals surface area (Å²) in [4.78, 5) is 0. The summed E-state index contributed by atoms with van der Waals surface area (Å²) in [6.07, 6.45) is 0.373. The quantitative estimate of drug-likeness (QED) is 0.582.